The van der Waals surface area contributed by atoms with E-state index in [0.29, 0.717) is 12.1 Å². The lowest BCUT2D eigenvalue weighted by Gasteiger charge is -2.04. The largest absolute Gasteiger partial charge is 0.476 e. The van der Waals surface area contributed by atoms with Gasteiger partial charge in [-0.25, -0.2) is 13.2 Å². The number of hydrogen-bond donors (Lipinski definition) is 1. The Kier molecular flexibility index (Phi) is 4.13. The average molecular weight is 308 g/mol. The third-order valence-electron chi connectivity index (χ3n) is 3.11. The van der Waals surface area contributed by atoms with E-state index < -0.39 is 15.8 Å². The van der Waals surface area contributed by atoms with Crippen LogP contribution in [-0.4, -0.2) is 41.3 Å². The molecule has 2 aromatic rings. The number of aryl methyl sites for hydroxylation is 2. The van der Waals surface area contributed by atoms with Crippen LogP contribution in [0.25, 0.3) is 11.3 Å². The lowest BCUT2D eigenvalue weighted by atomic mass is 10.1. The van der Waals surface area contributed by atoms with Crippen LogP contribution in [0, 0.1) is 0 Å². The summed E-state index contributed by atoms with van der Waals surface area (Å²) < 4.78 is 23.8. The summed E-state index contributed by atoms with van der Waals surface area (Å²) in [6.07, 6.45) is 1.68. The molecular weight excluding hydrogens is 292 g/mol. The van der Waals surface area contributed by atoms with E-state index >= 15 is 0 Å². The number of carbonyl (C=O) groups is 1. The van der Waals surface area contributed by atoms with Gasteiger partial charge in [-0.2, -0.15) is 5.10 Å². The van der Waals surface area contributed by atoms with E-state index in [4.69, 9.17) is 5.11 Å². The predicted octanol–water partition coefficient (Wildman–Crippen LogP) is 1.37. The Bertz CT molecular complexity index is 761. The minimum Gasteiger partial charge on any atom is -0.476 e. The number of hydrogen-bond acceptors (Lipinski definition) is 4. The van der Waals surface area contributed by atoms with Crippen molar-refractivity contribution in [1.29, 1.82) is 0 Å². The smallest absolute Gasteiger partial charge is 0.356 e. The Morgan fingerprint density at radius 2 is 1.90 bits per heavy atom. The molecule has 1 aromatic carbocycles. The van der Waals surface area contributed by atoms with Gasteiger partial charge < -0.3 is 5.11 Å². The number of nitrogens with zero attached hydrogens (tertiary/aromatic N) is 2. The first-order valence-corrected chi connectivity index (χ1v) is 8.37. The molecule has 0 aliphatic heterocycles. The second-order valence-corrected chi connectivity index (χ2v) is 7.18. The predicted molar refractivity (Wildman–Crippen MR) is 79.0 cm³/mol. The first-order valence-electron chi connectivity index (χ1n) is 6.30. The van der Waals surface area contributed by atoms with Crippen molar-refractivity contribution >= 4 is 15.8 Å². The molecule has 6 nitrogen and oxygen atoms in total. The van der Waals surface area contributed by atoms with Crippen LogP contribution in [-0.2, 0) is 23.3 Å². The Hall–Kier alpha value is -2.15. The number of sulfone groups is 1. The second-order valence-electron chi connectivity index (χ2n) is 4.92. The molecule has 0 bridgehead atoms. The molecule has 0 spiro atoms. The molecule has 112 valence electrons. The molecule has 7 heteroatoms. The van der Waals surface area contributed by atoms with Gasteiger partial charge in [0.2, 0.25) is 0 Å². The van der Waals surface area contributed by atoms with Crippen LogP contribution in [0.15, 0.2) is 30.3 Å². The van der Waals surface area contributed by atoms with E-state index in [9.17, 15) is 13.2 Å². The highest BCUT2D eigenvalue weighted by Gasteiger charge is 2.12. The third kappa shape index (κ3) is 3.91. The van der Waals surface area contributed by atoms with Crippen molar-refractivity contribution in [2.45, 2.75) is 6.42 Å². The molecule has 0 aliphatic rings. The number of aromatic carboxylic acids is 1. The quantitative estimate of drug-likeness (QED) is 0.901. The van der Waals surface area contributed by atoms with Crippen molar-refractivity contribution in [1.82, 2.24) is 9.78 Å². The first kappa shape index (κ1) is 15.2. The van der Waals surface area contributed by atoms with Gasteiger partial charge in [-0.3, -0.25) is 4.68 Å². The molecule has 0 fully saturated rings. The van der Waals surface area contributed by atoms with E-state index in [0.717, 1.165) is 11.1 Å². The maximum atomic E-state index is 11.1. The van der Waals surface area contributed by atoms with Crippen LogP contribution in [0.1, 0.15) is 16.1 Å². The maximum Gasteiger partial charge on any atom is 0.356 e. The van der Waals surface area contributed by atoms with Crippen LogP contribution in [0.4, 0.5) is 0 Å². The molecule has 21 heavy (non-hydrogen) atoms. The van der Waals surface area contributed by atoms with Crippen LogP contribution < -0.4 is 0 Å². The SMILES string of the molecule is Cn1nc(C(=O)O)cc1-c1ccc(CCS(C)(=O)=O)cc1. The fraction of sp³-hybridized carbons (Fsp3) is 0.286. The number of carboxylic acids is 1. The van der Waals surface area contributed by atoms with Gasteiger partial charge in [0.25, 0.3) is 0 Å². The summed E-state index contributed by atoms with van der Waals surface area (Å²) in [4.78, 5) is 10.9. The van der Waals surface area contributed by atoms with E-state index in [-0.39, 0.29) is 11.4 Å². The summed E-state index contributed by atoms with van der Waals surface area (Å²) in [7, 11) is -1.30. The summed E-state index contributed by atoms with van der Waals surface area (Å²) in [6, 6.07) is 8.86. The second kappa shape index (κ2) is 5.69. The van der Waals surface area contributed by atoms with Gasteiger partial charge >= 0.3 is 5.97 Å². The van der Waals surface area contributed by atoms with Crippen LogP contribution in [0.3, 0.4) is 0 Å². The van der Waals surface area contributed by atoms with Gasteiger partial charge in [0.1, 0.15) is 9.84 Å². The van der Waals surface area contributed by atoms with Crippen LogP contribution >= 0.6 is 0 Å². The van der Waals surface area contributed by atoms with Gasteiger partial charge in [-0.05, 0) is 23.6 Å². The zero-order valence-electron chi connectivity index (χ0n) is 11.8. The Morgan fingerprint density at radius 3 is 2.38 bits per heavy atom. The lowest BCUT2D eigenvalue weighted by Crippen LogP contribution is -2.05. The highest BCUT2D eigenvalue weighted by molar-refractivity contribution is 7.90. The minimum absolute atomic E-state index is 0.00588. The number of benzene rings is 1. The van der Waals surface area contributed by atoms with E-state index in [1.807, 2.05) is 24.3 Å². The number of rotatable bonds is 5. The topological polar surface area (TPSA) is 89.3 Å². The molecule has 0 aliphatic carbocycles. The van der Waals surface area contributed by atoms with E-state index in [1.165, 1.54) is 17.0 Å². The van der Waals surface area contributed by atoms with Gasteiger partial charge in [0.05, 0.1) is 11.4 Å². The molecule has 1 heterocycles. The molecule has 1 N–H and O–H groups in total. The third-order valence-corrected chi connectivity index (χ3v) is 4.06. The molecular formula is C14H16N2O4S. The van der Waals surface area contributed by atoms with Crippen molar-refractivity contribution in [3.8, 4) is 11.3 Å². The fourth-order valence-electron chi connectivity index (χ4n) is 1.99. The lowest BCUT2D eigenvalue weighted by molar-refractivity contribution is 0.0689. The molecule has 2 rings (SSSR count). The Balaban J connectivity index is 2.21. The Morgan fingerprint density at radius 1 is 1.29 bits per heavy atom. The standard InChI is InChI=1S/C14H16N2O4S/c1-16-13(9-12(15-16)14(17)18)11-5-3-10(4-6-11)7-8-21(2,19)20/h3-6,9H,7-8H2,1-2H3,(H,17,18). The zero-order chi connectivity index (χ0) is 15.6. The van der Waals surface area contributed by atoms with Gasteiger partial charge in [-0.15, -0.1) is 0 Å². The van der Waals surface area contributed by atoms with E-state index in [2.05, 4.69) is 5.10 Å². The summed E-state index contributed by atoms with van der Waals surface area (Å²) in [5.74, 6) is -0.956. The van der Waals surface area contributed by atoms with Gasteiger partial charge in [0.15, 0.2) is 5.69 Å². The van der Waals surface area contributed by atoms with Crippen molar-refractivity contribution in [3.63, 3.8) is 0 Å². The minimum atomic E-state index is -2.98. The summed E-state index contributed by atoms with van der Waals surface area (Å²) >= 11 is 0. The molecule has 0 unspecified atom stereocenters. The van der Waals surface area contributed by atoms with Crippen molar-refractivity contribution in [3.05, 3.63) is 41.6 Å². The Labute approximate surface area is 123 Å². The van der Waals surface area contributed by atoms with Crippen molar-refractivity contribution in [2.75, 3.05) is 12.0 Å². The van der Waals surface area contributed by atoms with Gasteiger partial charge in [-0.1, -0.05) is 24.3 Å². The highest BCUT2D eigenvalue weighted by Crippen LogP contribution is 2.20. The number of carboxylic acid groups (broad SMARTS) is 1. The normalized spacial score (nSPS) is 11.5. The molecule has 1 aromatic heterocycles. The maximum absolute atomic E-state index is 11.1. The molecule has 0 saturated carbocycles. The number of aromatic nitrogens is 2. The molecule has 0 saturated heterocycles. The molecule has 0 amide bonds. The monoisotopic (exact) mass is 308 g/mol. The highest BCUT2D eigenvalue weighted by atomic mass is 32.2. The average Bonchev–Trinajstić information content (AvgIpc) is 2.78. The van der Waals surface area contributed by atoms with Crippen LogP contribution in [0.5, 0.6) is 0 Å². The molecule has 0 radical (unpaired) electrons. The first-order chi connectivity index (χ1) is 9.76. The van der Waals surface area contributed by atoms with Crippen molar-refractivity contribution < 1.29 is 18.3 Å². The van der Waals surface area contributed by atoms with Crippen LogP contribution in [0.2, 0.25) is 0 Å². The fourth-order valence-corrected chi connectivity index (χ4v) is 2.59. The van der Waals surface area contributed by atoms with E-state index in [1.54, 1.807) is 7.05 Å². The zero-order valence-corrected chi connectivity index (χ0v) is 12.6. The summed E-state index contributed by atoms with van der Waals surface area (Å²) in [6.45, 7) is 0. The molecule has 0 atom stereocenters. The van der Waals surface area contributed by atoms with Gasteiger partial charge in [0, 0.05) is 13.3 Å². The summed E-state index contributed by atoms with van der Waals surface area (Å²) in [5.41, 5.74) is 2.45. The van der Waals surface area contributed by atoms with Crippen molar-refractivity contribution in [2.24, 2.45) is 7.05 Å². The summed E-state index contributed by atoms with van der Waals surface area (Å²) in [5, 5.41) is 12.8.